The van der Waals surface area contributed by atoms with E-state index in [9.17, 15) is 4.79 Å². The standard InChI is InChI=1S/C15H18N4O2S/c1-19-13(9-21-12-5-3-2-4-6-12)17-18-15(19)22-10-14(20)16-11-7-8-11/h2-6,11H,7-10H2,1H3,(H,16,20). The zero-order valence-corrected chi connectivity index (χ0v) is 13.2. The molecule has 1 N–H and O–H groups in total. The van der Waals surface area contributed by atoms with E-state index in [2.05, 4.69) is 15.5 Å². The third-order valence-corrected chi connectivity index (χ3v) is 4.33. The SMILES string of the molecule is Cn1c(COc2ccccc2)nnc1SCC(=O)NC1CC1. The summed E-state index contributed by atoms with van der Waals surface area (Å²) in [6.45, 7) is 0.350. The molecule has 2 aromatic rings. The van der Waals surface area contributed by atoms with Gasteiger partial charge in [-0.3, -0.25) is 4.79 Å². The summed E-state index contributed by atoms with van der Waals surface area (Å²) in [6.07, 6.45) is 2.20. The van der Waals surface area contributed by atoms with Gasteiger partial charge in [0.05, 0.1) is 5.75 Å². The Labute approximate surface area is 133 Å². The molecule has 116 valence electrons. The highest BCUT2D eigenvalue weighted by Gasteiger charge is 2.23. The fourth-order valence-electron chi connectivity index (χ4n) is 1.89. The maximum absolute atomic E-state index is 11.7. The Hall–Kier alpha value is -2.02. The summed E-state index contributed by atoms with van der Waals surface area (Å²) in [5.74, 6) is 1.94. The van der Waals surface area contributed by atoms with Crippen molar-refractivity contribution in [1.29, 1.82) is 0 Å². The van der Waals surface area contributed by atoms with Crippen LogP contribution in [0, 0.1) is 0 Å². The van der Waals surface area contributed by atoms with Crippen molar-refractivity contribution < 1.29 is 9.53 Å². The van der Waals surface area contributed by atoms with Crippen LogP contribution in [-0.4, -0.2) is 32.5 Å². The molecule has 1 aromatic heterocycles. The predicted molar refractivity (Wildman–Crippen MR) is 83.7 cm³/mol. The Bertz CT molecular complexity index is 640. The molecule has 0 spiro atoms. The molecular weight excluding hydrogens is 300 g/mol. The molecule has 1 amide bonds. The molecule has 1 aliphatic carbocycles. The minimum Gasteiger partial charge on any atom is -0.486 e. The number of carbonyl (C=O) groups excluding carboxylic acids is 1. The highest BCUT2D eigenvalue weighted by molar-refractivity contribution is 7.99. The first-order chi connectivity index (χ1) is 10.7. The molecule has 0 aliphatic heterocycles. The average molecular weight is 318 g/mol. The molecule has 0 bridgehead atoms. The lowest BCUT2D eigenvalue weighted by Gasteiger charge is -2.06. The lowest BCUT2D eigenvalue weighted by molar-refractivity contribution is -0.118. The zero-order chi connectivity index (χ0) is 15.4. The number of benzene rings is 1. The second kappa shape index (κ2) is 6.83. The van der Waals surface area contributed by atoms with Gasteiger partial charge in [-0.15, -0.1) is 10.2 Å². The van der Waals surface area contributed by atoms with Crippen molar-refractivity contribution in [1.82, 2.24) is 20.1 Å². The number of nitrogens with zero attached hydrogens (tertiary/aromatic N) is 3. The van der Waals surface area contributed by atoms with E-state index in [1.807, 2.05) is 41.9 Å². The van der Waals surface area contributed by atoms with Crippen LogP contribution in [0.3, 0.4) is 0 Å². The van der Waals surface area contributed by atoms with Crippen LogP contribution in [0.1, 0.15) is 18.7 Å². The van der Waals surface area contributed by atoms with E-state index in [0.717, 1.165) is 29.6 Å². The Morgan fingerprint density at radius 3 is 2.86 bits per heavy atom. The highest BCUT2D eigenvalue weighted by Crippen LogP contribution is 2.20. The Morgan fingerprint density at radius 2 is 2.14 bits per heavy atom. The average Bonchev–Trinajstić information content (AvgIpc) is 3.27. The minimum atomic E-state index is 0.0533. The van der Waals surface area contributed by atoms with Crippen molar-refractivity contribution in [3.63, 3.8) is 0 Å². The summed E-state index contributed by atoms with van der Waals surface area (Å²) in [5, 5.41) is 11.9. The van der Waals surface area contributed by atoms with Gasteiger partial charge in [0, 0.05) is 13.1 Å². The molecule has 6 nitrogen and oxygen atoms in total. The van der Waals surface area contributed by atoms with Gasteiger partial charge in [-0.1, -0.05) is 30.0 Å². The fourth-order valence-corrected chi connectivity index (χ4v) is 2.63. The summed E-state index contributed by atoms with van der Waals surface area (Å²) in [6, 6.07) is 9.97. The van der Waals surface area contributed by atoms with Crippen LogP contribution in [0.4, 0.5) is 0 Å². The van der Waals surface area contributed by atoms with Crippen LogP contribution in [0.2, 0.25) is 0 Å². The topological polar surface area (TPSA) is 69.0 Å². The van der Waals surface area contributed by atoms with Crippen molar-refractivity contribution in [3.05, 3.63) is 36.2 Å². The summed E-state index contributed by atoms with van der Waals surface area (Å²) in [4.78, 5) is 11.7. The van der Waals surface area contributed by atoms with Crippen molar-refractivity contribution in [2.45, 2.75) is 30.6 Å². The van der Waals surface area contributed by atoms with Gasteiger partial charge >= 0.3 is 0 Å². The summed E-state index contributed by atoms with van der Waals surface area (Å²) < 4.78 is 7.52. The van der Waals surface area contributed by atoms with E-state index in [-0.39, 0.29) is 5.91 Å². The third kappa shape index (κ3) is 4.00. The van der Waals surface area contributed by atoms with Crippen LogP contribution >= 0.6 is 11.8 Å². The quantitative estimate of drug-likeness (QED) is 0.788. The number of amides is 1. The molecule has 0 atom stereocenters. The Morgan fingerprint density at radius 1 is 1.36 bits per heavy atom. The van der Waals surface area contributed by atoms with Gasteiger partial charge in [0.1, 0.15) is 12.4 Å². The molecule has 1 saturated carbocycles. The molecule has 1 heterocycles. The number of rotatable bonds is 7. The number of hydrogen-bond donors (Lipinski definition) is 1. The molecule has 0 radical (unpaired) electrons. The van der Waals surface area contributed by atoms with Crippen LogP contribution < -0.4 is 10.1 Å². The minimum absolute atomic E-state index is 0.0533. The number of nitrogens with one attached hydrogen (secondary N) is 1. The second-order valence-electron chi connectivity index (χ2n) is 5.19. The van der Waals surface area contributed by atoms with Crippen molar-refractivity contribution >= 4 is 17.7 Å². The third-order valence-electron chi connectivity index (χ3n) is 3.31. The van der Waals surface area contributed by atoms with Gasteiger partial charge in [-0.25, -0.2) is 0 Å². The second-order valence-corrected chi connectivity index (χ2v) is 6.13. The van der Waals surface area contributed by atoms with Gasteiger partial charge in [0.25, 0.3) is 0 Å². The van der Waals surface area contributed by atoms with Gasteiger partial charge in [0.2, 0.25) is 5.91 Å². The first kappa shape index (κ1) is 14.9. The van der Waals surface area contributed by atoms with E-state index in [0.29, 0.717) is 18.4 Å². The number of para-hydroxylation sites is 1. The molecule has 0 unspecified atom stereocenters. The van der Waals surface area contributed by atoms with Crippen LogP contribution in [0.5, 0.6) is 5.75 Å². The number of aromatic nitrogens is 3. The van der Waals surface area contributed by atoms with E-state index in [4.69, 9.17) is 4.74 Å². The maximum Gasteiger partial charge on any atom is 0.230 e. The number of ether oxygens (including phenoxy) is 1. The summed E-state index contributed by atoms with van der Waals surface area (Å²) in [5.41, 5.74) is 0. The normalized spacial score (nSPS) is 13.9. The number of thioether (sulfide) groups is 1. The van der Waals surface area contributed by atoms with Crippen molar-refractivity contribution in [2.75, 3.05) is 5.75 Å². The van der Waals surface area contributed by atoms with E-state index in [1.54, 1.807) is 0 Å². The molecule has 22 heavy (non-hydrogen) atoms. The monoisotopic (exact) mass is 318 g/mol. The van der Waals surface area contributed by atoms with Gasteiger partial charge < -0.3 is 14.6 Å². The maximum atomic E-state index is 11.7. The largest absolute Gasteiger partial charge is 0.486 e. The van der Waals surface area contributed by atoms with Crippen LogP contribution in [0.25, 0.3) is 0 Å². The fraction of sp³-hybridized carbons (Fsp3) is 0.400. The van der Waals surface area contributed by atoms with Crippen LogP contribution in [0.15, 0.2) is 35.5 Å². The number of hydrogen-bond acceptors (Lipinski definition) is 5. The predicted octanol–water partition coefficient (Wildman–Crippen LogP) is 1.76. The molecule has 1 aromatic carbocycles. The highest BCUT2D eigenvalue weighted by atomic mass is 32.2. The van der Waals surface area contributed by atoms with Gasteiger partial charge in [0.15, 0.2) is 11.0 Å². The Kier molecular flexibility index (Phi) is 4.62. The summed E-state index contributed by atoms with van der Waals surface area (Å²) >= 11 is 1.39. The van der Waals surface area contributed by atoms with Crippen molar-refractivity contribution in [3.8, 4) is 5.75 Å². The molecule has 1 fully saturated rings. The first-order valence-electron chi connectivity index (χ1n) is 7.20. The first-order valence-corrected chi connectivity index (χ1v) is 8.19. The molecule has 0 saturated heterocycles. The van der Waals surface area contributed by atoms with E-state index < -0.39 is 0 Å². The molecule has 3 rings (SSSR count). The Balaban J connectivity index is 1.51. The van der Waals surface area contributed by atoms with Crippen molar-refractivity contribution in [2.24, 2.45) is 7.05 Å². The van der Waals surface area contributed by atoms with Crippen LogP contribution in [-0.2, 0) is 18.4 Å². The molecular formula is C15H18N4O2S. The lowest BCUT2D eigenvalue weighted by Crippen LogP contribution is -2.27. The summed E-state index contributed by atoms with van der Waals surface area (Å²) in [7, 11) is 1.88. The zero-order valence-electron chi connectivity index (χ0n) is 12.4. The van der Waals surface area contributed by atoms with E-state index >= 15 is 0 Å². The lowest BCUT2D eigenvalue weighted by atomic mass is 10.3. The van der Waals surface area contributed by atoms with Gasteiger partial charge in [-0.05, 0) is 25.0 Å². The number of carbonyl (C=O) groups is 1. The molecule has 7 heteroatoms. The molecule has 1 aliphatic rings. The van der Waals surface area contributed by atoms with Gasteiger partial charge in [-0.2, -0.15) is 0 Å². The van der Waals surface area contributed by atoms with E-state index in [1.165, 1.54) is 11.8 Å². The smallest absolute Gasteiger partial charge is 0.230 e.